The minimum atomic E-state index is 0.446. The molecule has 0 radical (unpaired) electrons. The summed E-state index contributed by atoms with van der Waals surface area (Å²) in [7, 11) is 1.59. The summed E-state index contributed by atoms with van der Waals surface area (Å²) >= 11 is 0. The zero-order valence-corrected chi connectivity index (χ0v) is 11.4. The molecule has 0 aromatic carbocycles. The number of hydrogen-bond acceptors (Lipinski definition) is 4. The van der Waals surface area contributed by atoms with Gasteiger partial charge in [-0.25, -0.2) is 9.97 Å². The van der Waals surface area contributed by atoms with Crippen LogP contribution in [0.5, 0.6) is 6.01 Å². The Balaban J connectivity index is 1.87. The van der Waals surface area contributed by atoms with Gasteiger partial charge in [-0.15, -0.1) is 0 Å². The van der Waals surface area contributed by atoms with Gasteiger partial charge in [-0.2, -0.15) is 0 Å². The van der Waals surface area contributed by atoms with E-state index >= 15 is 0 Å². The predicted molar refractivity (Wildman–Crippen MR) is 71.5 cm³/mol. The van der Waals surface area contributed by atoms with Crippen LogP contribution in [0.1, 0.15) is 38.2 Å². The number of methoxy groups -OCH3 is 1. The topological polar surface area (TPSA) is 38.2 Å². The van der Waals surface area contributed by atoms with Crippen molar-refractivity contribution < 1.29 is 4.74 Å². The third-order valence-electron chi connectivity index (χ3n) is 3.57. The standard InChI is InChI=1S/C14H23N3O/c1-3-5-12-6-4-7-17(10-12)11-13-8-15-14(18-2)16-9-13/h8-9,12H,3-7,10-11H2,1-2H3. The Bertz CT molecular complexity index is 351. The van der Waals surface area contributed by atoms with Crippen LogP contribution in [0.15, 0.2) is 12.4 Å². The quantitative estimate of drug-likeness (QED) is 0.803. The third-order valence-corrected chi connectivity index (χ3v) is 3.57. The van der Waals surface area contributed by atoms with Gasteiger partial charge in [0.05, 0.1) is 7.11 Å². The lowest BCUT2D eigenvalue weighted by Crippen LogP contribution is -2.34. The van der Waals surface area contributed by atoms with E-state index in [1.54, 1.807) is 7.11 Å². The van der Waals surface area contributed by atoms with Crippen LogP contribution < -0.4 is 4.74 Å². The SMILES string of the molecule is CCCC1CCCN(Cc2cnc(OC)nc2)C1. The summed E-state index contributed by atoms with van der Waals surface area (Å²) in [5, 5.41) is 0. The molecule has 1 unspecified atom stereocenters. The first kappa shape index (κ1) is 13.3. The molecule has 0 bridgehead atoms. The molecule has 0 spiro atoms. The van der Waals surface area contributed by atoms with Crippen LogP contribution in [0, 0.1) is 5.92 Å². The van der Waals surface area contributed by atoms with Crippen molar-refractivity contribution in [1.29, 1.82) is 0 Å². The number of rotatable bonds is 5. The molecule has 4 heteroatoms. The lowest BCUT2D eigenvalue weighted by molar-refractivity contribution is 0.161. The van der Waals surface area contributed by atoms with Crippen molar-refractivity contribution in [3.8, 4) is 6.01 Å². The average molecular weight is 249 g/mol. The van der Waals surface area contributed by atoms with Gasteiger partial charge in [-0.3, -0.25) is 4.90 Å². The van der Waals surface area contributed by atoms with Crippen LogP contribution in [0.3, 0.4) is 0 Å². The Morgan fingerprint density at radius 1 is 1.39 bits per heavy atom. The second-order valence-corrected chi connectivity index (χ2v) is 5.11. The van der Waals surface area contributed by atoms with Gasteiger partial charge in [0.25, 0.3) is 0 Å². The maximum atomic E-state index is 4.97. The molecular formula is C14H23N3O. The summed E-state index contributed by atoms with van der Waals surface area (Å²) in [6.07, 6.45) is 9.11. The molecule has 2 heterocycles. The average Bonchev–Trinajstić information content (AvgIpc) is 2.40. The van der Waals surface area contributed by atoms with Crippen LogP contribution >= 0.6 is 0 Å². The third kappa shape index (κ3) is 3.67. The van der Waals surface area contributed by atoms with Gasteiger partial charge in [0, 0.05) is 31.0 Å². The van der Waals surface area contributed by atoms with Gasteiger partial charge < -0.3 is 4.74 Å². The highest BCUT2D eigenvalue weighted by atomic mass is 16.5. The van der Waals surface area contributed by atoms with Gasteiger partial charge in [0.15, 0.2) is 0 Å². The molecule has 100 valence electrons. The fourth-order valence-corrected chi connectivity index (χ4v) is 2.73. The number of piperidine rings is 1. The van der Waals surface area contributed by atoms with Crippen LogP contribution in [0.4, 0.5) is 0 Å². The zero-order chi connectivity index (χ0) is 12.8. The molecule has 4 nitrogen and oxygen atoms in total. The first-order valence-electron chi connectivity index (χ1n) is 6.89. The monoisotopic (exact) mass is 249 g/mol. The van der Waals surface area contributed by atoms with Gasteiger partial charge in [0.2, 0.25) is 0 Å². The van der Waals surface area contributed by atoms with E-state index in [4.69, 9.17) is 4.74 Å². The lowest BCUT2D eigenvalue weighted by atomic mass is 9.93. The Morgan fingerprint density at radius 3 is 2.83 bits per heavy atom. The minimum absolute atomic E-state index is 0.446. The molecule has 1 aromatic rings. The lowest BCUT2D eigenvalue weighted by Gasteiger charge is -2.32. The van der Waals surface area contributed by atoms with Crippen molar-refractivity contribution in [2.75, 3.05) is 20.2 Å². The van der Waals surface area contributed by atoms with E-state index in [1.165, 1.54) is 44.3 Å². The molecule has 0 aliphatic carbocycles. The first-order chi connectivity index (χ1) is 8.81. The van der Waals surface area contributed by atoms with E-state index in [9.17, 15) is 0 Å². The Labute approximate surface area is 109 Å². The molecule has 0 N–H and O–H groups in total. The van der Waals surface area contributed by atoms with Crippen molar-refractivity contribution in [2.45, 2.75) is 39.2 Å². The molecule has 1 saturated heterocycles. The van der Waals surface area contributed by atoms with E-state index in [0.717, 1.165) is 12.5 Å². The summed E-state index contributed by atoms with van der Waals surface area (Å²) in [5.41, 5.74) is 1.17. The summed E-state index contributed by atoms with van der Waals surface area (Å²) in [5.74, 6) is 0.878. The van der Waals surface area contributed by atoms with Crippen molar-refractivity contribution in [1.82, 2.24) is 14.9 Å². The summed E-state index contributed by atoms with van der Waals surface area (Å²) < 4.78 is 4.97. The molecule has 1 atom stereocenters. The fourth-order valence-electron chi connectivity index (χ4n) is 2.73. The molecule has 1 aliphatic rings. The van der Waals surface area contributed by atoms with Gasteiger partial charge in [-0.05, 0) is 31.7 Å². The van der Waals surface area contributed by atoms with Gasteiger partial charge in [-0.1, -0.05) is 13.3 Å². The predicted octanol–water partition coefficient (Wildman–Crippen LogP) is 2.50. The number of likely N-dealkylation sites (tertiary alicyclic amines) is 1. The highest BCUT2D eigenvalue weighted by Crippen LogP contribution is 2.22. The molecule has 18 heavy (non-hydrogen) atoms. The van der Waals surface area contributed by atoms with Gasteiger partial charge >= 0.3 is 6.01 Å². The van der Waals surface area contributed by atoms with Crippen LogP contribution in [-0.4, -0.2) is 35.1 Å². The second-order valence-electron chi connectivity index (χ2n) is 5.11. The molecule has 1 aromatic heterocycles. The first-order valence-corrected chi connectivity index (χ1v) is 6.89. The maximum absolute atomic E-state index is 4.97. The molecule has 0 saturated carbocycles. The van der Waals surface area contributed by atoms with E-state index in [1.807, 2.05) is 12.4 Å². The van der Waals surface area contributed by atoms with Crippen molar-refractivity contribution in [3.05, 3.63) is 18.0 Å². The highest BCUT2D eigenvalue weighted by Gasteiger charge is 2.19. The number of nitrogens with zero attached hydrogens (tertiary/aromatic N) is 3. The largest absolute Gasteiger partial charge is 0.467 e. The summed E-state index contributed by atoms with van der Waals surface area (Å²) in [6, 6.07) is 0.446. The maximum Gasteiger partial charge on any atom is 0.316 e. The normalized spacial score (nSPS) is 20.9. The highest BCUT2D eigenvalue weighted by molar-refractivity contribution is 5.07. The van der Waals surface area contributed by atoms with E-state index in [-0.39, 0.29) is 0 Å². The smallest absolute Gasteiger partial charge is 0.316 e. The van der Waals surface area contributed by atoms with E-state index in [2.05, 4.69) is 21.8 Å². The molecule has 1 aliphatic heterocycles. The van der Waals surface area contributed by atoms with Crippen LogP contribution in [0.2, 0.25) is 0 Å². The van der Waals surface area contributed by atoms with Crippen molar-refractivity contribution in [3.63, 3.8) is 0 Å². The van der Waals surface area contributed by atoms with E-state index in [0.29, 0.717) is 6.01 Å². The molecule has 0 amide bonds. The van der Waals surface area contributed by atoms with Crippen LogP contribution in [0.25, 0.3) is 0 Å². The van der Waals surface area contributed by atoms with Gasteiger partial charge in [0.1, 0.15) is 0 Å². The fraction of sp³-hybridized carbons (Fsp3) is 0.714. The molecular weight excluding hydrogens is 226 g/mol. The Hall–Kier alpha value is -1.16. The minimum Gasteiger partial charge on any atom is -0.467 e. The van der Waals surface area contributed by atoms with Crippen molar-refractivity contribution in [2.24, 2.45) is 5.92 Å². The zero-order valence-electron chi connectivity index (χ0n) is 11.4. The second kappa shape index (κ2) is 6.69. The van der Waals surface area contributed by atoms with E-state index < -0.39 is 0 Å². The number of hydrogen-bond donors (Lipinski definition) is 0. The van der Waals surface area contributed by atoms with Crippen molar-refractivity contribution >= 4 is 0 Å². The number of ether oxygens (including phenoxy) is 1. The number of aromatic nitrogens is 2. The summed E-state index contributed by atoms with van der Waals surface area (Å²) in [4.78, 5) is 10.8. The molecule has 1 fully saturated rings. The summed E-state index contributed by atoms with van der Waals surface area (Å²) in [6.45, 7) is 5.66. The Morgan fingerprint density at radius 2 is 2.17 bits per heavy atom. The molecule has 2 rings (SSSR count). The Kier molecular flexibility index (Phi) is 4.93. The van der Waals surface area contributed by atoms with Crippen LogP contribution in [-0.2, 0) is 6.54 Å².